The summed E-state index contributed by atoms with van der Waals surface area (Å²) in [6.07, 6.45) is 5.54. The van der Waals surface area contributed by atoms with Crippen LogP contribution in [-0.4, -0.2) is 23.3 Å². The van der Waals surface area contributed by atoms with Crippen LogP contribution in [0.2, 0.25) is 0 Å². The van der Waals surface area contributed by atoms with Gasteiger partial charge in [-0.3, -0.25) is 9.59 Å². The lowest BCUT2D eigenvalue weighted by molar-refractivity contribution is -0.140. The van der Waals surface area contributed by atoms with E-state index in [4.69, 9.17) is 4.42 Å². The molecule has 0 radical (unpaired) electrons. The van der Waals surface area contributed by atoms with Crippen LogP contribution in [0, 0.1) is 0 Å². The zero-order valence-electron chi connectivity index (χ0n) is 13.3. The van der Waals surface area contributed by atoms with E-state index in [1.165, 1.54) is 23.3 Å². The molecule has 2 heterocycles. The fourth-order valence-electron chi connectivity index (χ4n) is 2.88. The van der Waals surface area contributed by atoms with Crippen molar-refractivity contribution >= 4 is 39.4 Å². The predicted octanol–water partition coefficient (Wildman–Crippen LogP) is 3.43. The number of hydrogen-bond acceptors (Lipinski definition) is 4. The highest BCUT2D eigenvalue weighted by Crippen LogP contribution is 2.43. The average Bonchev–Trinajstić information content (AvgIpc) is 3.16. The van der Waals surface area contributed by atoms with Crippen LogP contribution in [0.3, 0.4) is 0 Å². The van der Waals surface area contributed by atoms with E-state index in [-0.39, 0.29) is 18.7 Å². The minimum atomic E-state index is -1.90. The van der Waals surface area contributed by atoms with E-state index in [1.54, 1.807) is 36.4 Å². The molecule has 3 rings (SSSR count). The zero-order chi connectivity index (χ0) is 18.0. The van der Waals surface area contributed by atoms with Crippen LogP contribution in [-0.2, 0) is 15.2 Å². The normalized spacial score (nSPS) is 19.4. The highest BCUT2D eigenvalue weighted by molar-refractivity contribution is 9.10. The van der Waals surface area contributed by atoms with Gasteiger partial charge < -0.3 is 14.4 Å². The number of fused-ring (bicyclic) bond motifs is 1. The van der Waals surface area contributed by atoms with Gasteiger partial charge in [0.15, 0.2) is 11.4 Å². The van der Waals surface area contributed by atoms with Gasteiger partial charge in [0, 0.05) is 16.6 Å². The van der Waals surface area contributed by atoms with E-state index in [0.717, 1.165) is 4.47 Å². The second-order valence-electron chi connectivity index (χ2n) is 5.72. The van der Waals surface area contributed by atoms with Crippen LogP contribution >= 0.6 is 15.9 Å². The lowest BCUT2D eigenvalue weighted by Gasteiger charge is -2.21. The fourth-order valence-corrected chi connectivity index (χ4v) is 3.24. The number of halogens is 1. The topological polar surface area (TPSA) is 70.8 Å². The van der Waals surface area contributed by atoms with Crippen LogP contribution in [0.25, 0.3) is 6.08 Å². The van der Waals surface area contributed by atoms with Crippen LogP contribution in [0.1, 0.15) is 17.7 Å². The highest BCUT2D eigenvalue weighted by atomic mass is 79.9. The van der Waals surface area contributed by atoms with Crippen molar-refractivity contribution in [2.24, 2.45) is 0 Å². The van der Waals surface area contributed by atoms with Gasteiger partial charge in [-0.05, 0) is 42.5 Å². The molecule has 128 valence electrons. The highest BCUT2D eigenvalue weighted by Gasteiger charge is 2.50. The van der Waals surface area contributed by atoms with Gasteiger partial charge in [0.2, 0.25) is 0 Å². The summed E-state index contributed by atoms with van der Waals surface area (Å²) in [6, 6.07) is 8.60. The Morgan fingerprint density at radius 2 is 2.20 bits per heavy atom. The second-order valence-corrected chi connectivity index (χ2v) is 6.63. The van der Waals surface area contributed by atoms with Gasteiger partial charge in [-0.1, -0.05) is 22.0 Å². The van der Waals surface area contributed by atoms with E-state index in [0.29, 0.717) is 17.0 Å². The van der Waals surface area contributed by atoms with Crippen molar-refractivity contribution in [3.8, 4) is 0 Å². The van der Waals surface area contributed by atoms with E-state index < -0.39 is 11.5 Å². The first kappa shape index (κ1) is 17.4. The van der Waals surface area contributed by atoms with Gasteiger partial charge >= 0.3 is 0 Å². The van der Waals surface area contributed by atoms with Gasteiger partial charge in [0.25, 0.3) is 5.91 Å². The number of amides is 1. The molecule has 6 heteroatoms. The Balaban J connectivity index is 1.91. The van der Waals surface area contributed by atoms with Crippen molar-refractivity contribution in [2.75, 3.05) is 11.4 Å². The van der Waals surface area contributed by atoms with E-state index in [9.17, 15) is 14.7 Å². The molecule has 5 nitrogen and oxygen atoms in total. The Bertz CT molecular complexity index is 856. The summed E-state index contributed by atoms with van der Waals surface area (Å²) in [4.78, 5) is 26.5. The summed E-state index contributed by atoms with van der Waals surface area (Å²) >= 11 is 3.35. The number of ketones is 1. The average molecular weight is 402 g/mol. The van der Waals surface area contributed by atoms with Crippen molar-refractivity contribution in [1.82, 2.24) is 0 Å². The monoisotopic (exact) mass is 401 g/mol. The summed E-state index contributed by atoms with van der Waals surface area (Å²) in [5.41, 5.74) is -0.904. The lowest BCUT2D eigenvalue weighted by atomic mass is 9.90. The maximum Gasteiger partial charge on any atom is 0.264 e. The number of anilines is 1. The Hall–Kier alpha value is -2.44. The number of nitrogens with zero attached hydrogens (tertiary/aromatic N) is 1. The second kappa shape index (κ2) is 6.82. The summed E-state index contributed by atoms with van der Waals surface area (Å²) in [7, 11) is 0. The largest absolute Gasteiger partial charge is 0.465 e. The Labute approximate surface area is 153 Å². The van der Waals surface area contributed by atoms with Crippen molar-refractivity contribution in [3.05, 3.63) is 71.1 Å². The molecule has 0 saturated carbocycles. The first-order valence-corrected chi connectivity index (χ1v) is 8.44. The minimum absolute atomic E-state index is 0.256. The molecule has 1 aliphatic heterocycles. The molecule has 0 unspecified atom stereocenters. The van der Waals surface area contributed by atoms with E-state index in [2.05, 4.69) is 22.5 Å². The summed E-state index contributed by atoms with van der Waals surface area (Å²) in [5, 5.41) is 11.0. The maximum absolute atomic E-state index is 12.8. The minimum Gasteiger partial charge on any atom is -0.465 e. The molecule has 25 heavy (non-hydrogen) atoms. The van der Waals surface area contributed by atoms with Crippen molar-refractivity contribution in [2.45, 2.75) is 12.0 Å². The number of rotatable bonds is 6. The quantitative estimate of drug-likeness (QED) is 0.594. The molecule has 2 aromatic rings. The molecule has 1 aromatic heterocycles. The van der Waals surface area contributed by atoms with Gasteiger partial charge in [0.05, 0.1) is 18.4 Å². The first-order valence-electron chi connectivity index (χ1n) is 7.65. The molecule has 0 fully saturated rings. The molecule has 1 aromatic carbocycles. The molecule has 1 atom stereocenters. The van der Waals surface area contributed by atoms with Crippen LogP contribution in [0.4, 0.5) is 5.69 Å². The fraction of sp³-hybridized carbons (Fsp3) is 0.158. The predicted molar refractivity (Wildman–Crippen MR) is 98.0 cm³/mol. The van der Waals surface area contributed by atoms with E-state index in [1.807, 2.05) is 0 Å². The summed E-state index contributed by atoms with van der Waals surface area (Å²) < 4.78 is 5.85. The molecule has 0 spiro atoms. The van der Waals surface area contributed by atoms with Crippen molar-refractivity contribution < 1.29 is 19.1 Å². The number of carbonyl (C=O) groups excluding carboxylic acids is 2. The summed E-state index contributed by atoms with van der Waals surface area (Å²) in [6.45, 7) is 3.90. The van der Waals surface area contributed by atoms with Crippen LogP contribution < -0.4 is 4.90 Å². The number of carbonyl (C=O) groups is 2. The first-order chi connectivity index (χ1) is 12.0. The SMILES string of the molecule is C=CCN1C(=O)[C@@](O)(CC(=O)/C=C/c2ccco2)c2cc(Br)ccc21. The lowest BCUT2D eigenvalue weighted by Crippen LogP contribution is -2.41. The van der Waals surface area contributed by atoms with Gasteiger partial charge in [-0.2, -0.15) is 0 Å². The third kappa shape index (κ3) is 3.23. The Morgan fingerprint density at radius 3 is 2.88 bits per heavy atom. The van der Waals surface area contributed by atoms with E-state index >= 15 is 0 Å². The number of furan rings is 1. The van der Waals surface area contributed by atoms with Crippen LogP contribution in [0.15, 0.2) is 64.2 Å². The third-order valence-corrected chi connectivity index (χ3v) is 4.51. The van der Waals surface area contributed by atoms with Gasteiger partial charge in [0.1, 0.15) is 5.76 Å². The molecule has 0 aliphatic carbocycles. The summed E-state index contributed by atoms with van der Waals surface area (Å²) in [5.74, 6) is -0.381. The zero-order valence-corrected chi connectivity index (χ0v) is 14.9. The number of benzene rings is 1. The van der Waals surface area contributed by atoms with Gasteiger partial charge in [-0.25, -0.2) is 0 Å². The molecule has 1 amide bonds. The molecular formula is C19H16BrNO4. The maximum atomic E-state index is 12.8. The van der Waals surface area contributed by atoms with Crippen molar-refractivity contribution in [1.29, 1.82) is 0 Å². The molecule has 1 aliphatic rings. The Morgan fingerprint density at radius 1 is 1.40 bits per heavy atom. The third-order valence-electron chi connectivity index (χ3n) is 4.01. The smallest absolute Gasteiger partial charge is 0.264 e. The van der Waals surface area contributed by atoms with Crippen LogP contribution in [0.5, 0.6) is 0 Å². The molecule has 0 saturated heterocycles. The van der Waals surface area contributed by atoms with Gasteiger partial charge in [-0.15, -0.1) is 6.58 Å². The Kier molecular flexibility index (Phi) is 4.74. The number of hydrogen-bond donors (Lipinski definition) is 1. The molecule has 1 N–H and O–H groups in total. The molecular weight excluding hydrogens is 386 g/mol. The molecule has 0 bridgehead atoms. The van der Waals surface area contributed by atoms with Crippen molar-refractivity contribution in [3.63, 3.8) is 0 Å². The number of aliphatic hydroxyl groups is 1. The standard InChI is InChI=1S/C19H16BrNO4/c1-2-9-21-17-8-5-13(20)11-16(17)19(24,18(21)23)12-14(22)6-7-15-4-3-10-25-15/h2-8,10-11,24H,1,9,12H2/b7-6+/t19-/m1/s1. The number of allylic oxidation sites excluding steroid dienone is 1.